The van der Waals surface area contributed by atoms with Crippen molar-refractivity contribution in [2.45, 2.75) is 60.3 Å². The summed E-state index contributed by atoms with van der Waals surface area (Å²) in [6.45, 7) is 14.3. The molecule has 0 fully saturated rings. The summed E-state index contributed by atoms with van der Waals surface area (Å²) < 4.78 is 0. The van der Waals surface area contributed by atoms with Crippen molar-refractivity contribution < 1.29 is 9.90 Å². The molecule has 0 aliphatic carbocycles. The van der Waals surface area contributed by atoms with E-state index in [9.17, 15) is 9.90 Å². The summed E-state index contributed by atoms with van der Waals surface area (Å²) in [7, 11) is 0. The first-order valence-corrected chi connectivity index (χ1v) is 7.21. The Morgan fingerprint density at radius 3 is 1.90 bits per heavy atom. The molecule has 0 amide bonds. The number of benzene rings is 1. The summed E-state index contributed by atoms with van der Waals surface area (Å²) in [5, 5.41) is 10.2. The van der Waals surface area contributed by atoms with E-state index in [0.29, 0.717) is 6.42 Å². The van der Waals surface area contributed by atoms with Crippen molar-refractivity contribution in [1.29, 1.82) is 0 Å². The highest BCUT2D eigenvalue weighted by atomic mass is 16.3. The first kappa shape index (κ1) is 16.7. The predicted octanol–water partition coefficient (Wildman–Crippen LogP) is 4.70. The van der Waals surface area contributed by atoms with Crippen molar-refractivity contribution >= 4 is 5.78 Å². The molecule has 0 heterocycles. The third kappa shape index (κ3) is 3.23. The minimum atomic E-state index is -0.400. The molecule has 2 nitrogen and oxygen atoms in total. The molecule has 0 aliphatic heterocycles. The summed E-state index contributed by atoms with van der Waals surface area (Å²) in [6.07, 6.45) is 0.428. The number of carbonyl (C=O) groups excluding carboxylic acids is 1. The average Bonchev–Trinajstić information content (AvgIpc) is 2.26. The Morgan fingerprint density at radius 2 is 1.50 bits per heavy atom. The van der Waals surface area contributed by atoms with Gasteiger partial charge in [0.1, 0.15) is 11.5 Å². The van der Waals surface area contributed by atoms with Gasteiger partial charge in [-0.25, -0.2) is 0 Å². The monoisotopic (exact) mass is 276 g/mol. The average molecular weight is 276 g/mol. The number of Topliss-reactive ketones (excluding diaryl/α,β-unsaturated/α-hetero) is 1. The molecule has 0 aromatic heterocycles. The Balaban J connectivity index is 3.33. The number of hydrogen-bond acceptors (Lipinski definition) is 2. The first-order chi connectivity index (χ1) is 8.89. The van der Waals surface area contributed by atoms with Crippen LogP contribution < -0.4 is 0 Å². The number of hydrogen-bond donors (Lipinski definition) is 1. The molecule has 0 spiro atoms. The van der Waals surface area contributed by atoms with E-state index in [1.165, 1.54) is 0 Å². The fraction of sp³-hybridized carbons (Fsp3) is 0.611. The van der Waals surface area contributed by atoms with Gasteiger partial charge in [0.2, 0.25) is 0 Å². The zero-order chi connectivity index (χ0) is 15.8. The summed E-state index contributed by atoms with van der Waals surface area (Å²) in [5.74, 6) is 0.491. The second-order valence-electron chi connectivity index (χ2n) is 7.95. The lowest BCUT2D eigenvalue weighted by Gasteiger charge is -2.43. The van der Waals surface area contributed by atoms with Crippen LogP contribution >= 0.6 is 0 Å². The van der Waals surface area contributed by atoms with Crippen molar-refractivity contribution in [1.82, 2.24) is 0 Å². The highest BCUT2D eigenvalue weighted by molar-refractivity contribution is 5.85. The zero-order valence-corrected chi connectivity index (χ0v) is 13.9. The van der Waals surface area contributed by atoms with Gasteiger partial charge in [-0.3, -0.25) is 4.79 Å². The highest BCUT2D eigenvalue weighted by Crippen LogP contribution is 2.48. The van der Waals surface area contributed by atoms with Gasteiger partial charge in [-0.1, -0.05) is 66.7 Å². The van der Waals surface area contributed by atoms with Gasteiger partial charge in [-0.2, -0.15) is 0 Å². The number of phenolic OH excluding ortho intramolecular Hbond substituents is 1. The lowest BCUT2D eigenvalue weighted by Crippen LogP contribution is -2.41. The highest BCUT2D eigenvalue weighted by Gasteiger charge is 2.43. The molecule has 1 aromatic carbocycles. The van der Waals surface area contributed by atoms with Crippen LogP contribution in [-0.4, -0.2) is 10.9 Å². The van der Waals surface area contributed by atoms with Gasteiger partial charge in [0.05, 0.1) is 0 Å². The Hall–Kier alpha value is -1.31. The largest absolute Gasteiger partial charge is 0.508 e. The van der Waals surface area contributed by atoms with Crippen molar-refractivity contribution in [3.8, 4) is 5.75 Å². The summed E-state index contributed by atoms with van der Waals surface area (Å²) in [6, 6.07) is 7.35. The molecule has 1 unspecified atom stereocenters. The molecule has 0 saturated carbocycles. The smallest absolute Gasteiger partial charge is 0.139 e. The standard InChI is InChI=1S/C18H28O2/c1-16(2,3)15(20)12-18(7,17(4,5)6)13-10-8-9-11-14(13)19/h8-11,19H,12H2,1-7H3. The van der Waals surface area contributed by atoms with E-state index >= 15 is 0 Å². The maximum atomic E-state index is 12.5. The van der Waals surface area contributed by atoms with Crippen LogP contribution in [0.3, 0.4) is 0 Å². The van der Waals surface area contributed by atoms with Crippen LogP contribution in [0.1, 0.15) is 60.5 Å². The predicted molar refractivity (Wildman–Crippen MR) is 84.0 cm³/mol. The minimum absolute atomic E-state index is 0.132. The maximum Gasteiger partial charge on any atom is 0.139 e. The Morgan fingerprint density at radius 1 is 1.00 bits per heavy atom. The maximum absolute atomic E-state index is 12.5. The number of aromatic hydroxyl groups is 1. The van der Waals surface area contributed by atoms with Gasteiger partial charge >= 0.3 is 0 Å². The molecule has 1 N–H and O–H groups in total. The van der Waals surface area contributed by atoms with Crippen LogP contribution in [0, 0.1) is 10.8 Å². The molecule has 1 atom stereocenters. The molecule has 0 bridgehead atoms. The van der Waals surface area contributed by atoms with Crippen LogP contribution in [0.2, 0.25) is 0 Å². The van der Waals surface area contributed by atoms with E-state index in [2.05, 4.69) is 27.7 Å². The second-order valence-corrected chi connectivity index (χ2v) is 7.95. The molecule has 0 saturated heterocycles. The Labute approximate surface area is 123 Å². The van der Waals surface area contributed by atoms with Gasteiger partial charge in [-0.05, 0) is 11.5 Å². The van der Waals surface area contributed by atoms with E-state index in [1.54, 1.807) is 6.07 Å². The van der Waals surface area contributed by atoms with Crippen molar-refractivity contribution in [2.24, 2.45) is 10.8 Å². The molecule has 2 heteroatoms. The molecule has 20 heavy (non-hydrogen) atoms. The normalized spacial score (nSPS) is 15.8. The quantitative estimate of drug-likeness (QED) is 0.868. The van der Waals surface area contributed by atoms with Gasteiger partial charge < -0.3 is 5.11 Å². The molecule has 0 aliphatic rings. The van der Waals surface area contributed by atoms with Gasteiger partial charge in [0, 0.05) is 22.8 Å². The number of para-hydroxylation sites is 1. The number of rotatable bonds is 3. The Bertz CT molecular complexity index is 489. The lowest BCUT2D eigenvalue weighted by atomic mass is 9.60. The van der Waals surface area contributed by atoms with E-state index in [0.717, 1.165) is 5.56 Å². The van der Waals surface area contributed by atoms with Crippen LogP contribution in [0.4, 0.5) is 0 Å². The van der Waals surface area contributed by atoms with E-state index in [1.807, 2.05) is 39.0 Å². The van der Waals surface area contributed by atoms with E-state index in [-0.39, 0.29) is 22.4 Å². The summed E-state index contributed by atoms with van der Waals surface area (Å²) in [5.41, 5.74) is -0.0445. The van der Waals surface area contributed by atoms with E-state index < -0.39 is 5.41 Å². The second kappa shape index (κ2) is 5.23. The molecule has 0 radical (unpaired) electrons. The van der Waals surface area contributed by atoms with Crippen LogP contribution in [0.15, 0.2) is 24.3 Å². The zero-order valence-electron chi connectivity index (χ0n) is 13.9. The first-order valence-electron chi connectivity index (χ1n) is 7.21. The lowest BCUT2D eigenvalue weighted by molar-refractivity contribution is -0.128. The summed E-state index contributed by atoms with van der Waals surface area (Å²) >= 11 is 0. The number of phenols is 1. The molecular weight excluding hydrogens is 248 g/mol. The fourth-order valence-corrected chi connectivity index (χ4v) is 2.29. The fourth-order valence-electron chi connectivity index (χ4n) is 2.29. The SMILES string of the molecule is CC(C)(C)C(=O)CC(C)(c1ccccc1O)C(C)(C)C. The van der Waals surface area contributed by atoms with E-state index in [4.69, 9.17) is 0 Å². The third-order valence-electron chi connectivity index (χ3n) is 4.50. The van der Waals surface area contributed by atoms with Gasteiger partial charge in [0.25, 0.3) is 0 Å². The van der Waals surface area contributed by atoms with Crippen LogP contribution in [-0.2, 0) is 10.2 Å². The van der Waals surface area contributed by atoms with Crippen LogP contribution in [0.5, 0.6) is 5.75 Å². The van der Waals surface area contributed by atoms with Crippen molar-refractivity contribution in [2.75, 3.05) is 0 Å². The Kier molecular flexibility index (Phi) is 4.38. The minimum Gasteiger partial charge on any atom is -0.508 e. The number of ketones is 1. The topological polar surface area (TPSA) is 37.3 Å². The molecular formula is C18H28O2. The van der Waals surface area contributed by atoms with Gasteiger partial charge in [-0.15, -0.1) is 0 Å². The van der Waals surface area contributed by atoms with Crippen LogP contribution in [0.25, 0.3) is 0 Å². The number of carbonyl (C=O) groups is 1. The van der Waals surface area contributed by atoms with Gasteiger partial charge in [0.15, 0.2) is 0 Å². The summed E-state index contributed by atoms with van der Waals surface area (Å²) in [4.78, 5) is 12.5. The van der Waals surface area contributed by atoms with Crippen molar-refractivity contribution in [3.05, 3.63) is 29.8 Å². The molecule has 112 valence electrons. The molecule has 1 aromatic rings. The molecule has 1 rings (SSSR count). The van der Waals surface area contributed by atoms with Crippen molar-refractivity contribution in [3.63, 3.8) is 0 Å². The third-order valence-corrected chi connectivity index (χ3v) is 4.50.